The van der Waals surface area contributed by atoms with Gasteiger partial charge >= 0.3 is 0 Å². The zero-order chi connectivity index (χ0) is 12.1. The van der Waals surface area contributed by atoms with Crippen LogP contribution in [0.25, 0.3) is 0 Å². The van der Waals surface area contributed by atoms with Crippen LogP contribution in [0.4, 0.5) is 5.95 Å². The Hall–Kier alpha value is -1.29. The van der Waals surface area contributed by atoms with Crippen molar-refractivity contribution in [3.8, 4) is 0 Å². The van der Waals surface area contributed by atoms with Crippen molar-refractivity contribution in [3.05, 3.63) is 34.3 Å². The molecule has 0 bridgehead atoms. The highest BCUT2D eigenvalue weighted by Gasteiger charge is 2.04. The number of nitrogens with zero attached hydrogens (tertiary/aromatic N) is 2. The molecule has 0 amide bonds. The van der Waals surface area contributed by atoms with Crippen molar-refractivity contribution in [1.82, 2.24) is 9.55 Å². The molecule has 92 valence electrons. The van der Waals surface area contributed by atoms with E-state index >= 15 is 0 Å². The van der Waals surface area contributed by atoms with Gasteiger partial charge in [0, 0.05) is 24.2 Å². The van der Waals surface area contributed by atoms with Crippen LogP contribution in [0.2, 0.25) is 0 Å². The van der Waals surface area contributed by atoms with E-state index in [4.69, 9.17) is 0 Å². The van der Waals surface area contributed by atoms with E-state index in [9.17, 15) is 0 Å². The van der Waals surface area contributed by atoms with Crippen LogP contribution in [-0.4, -0.2) is 16.1 Å². The Morgan fingerprint density at radius 3 is 3.06 bits per heavy atom. The van der Waals surface area contributed by atoms with E-state index in [2.05, 4.69) is 45.5 Å². The minimum absolute atomic E-state index is 0.945. The van der Waals surface area contributed by atoms with Gasteiger partial charge in [0.05, 0.1) is 5.69 Å². The predicted octanol–water partition coefficient (Wildman–Crippen LogP) is 3.32. The molecule has 0 saturated heterocycles. The number of aromatic nitrogens is 2. The van der Waals surface area contributed by atoms with Crippen LogP contribution in [0.15, 0.2) is 23.7 Å². The third-order valence-electron chi connectivity index (χ3n) is 2.60. The first-order valence-corrected chi connectivity index (χ1v) is 6.97. The standard InChI is InChI=1S/C13H19N3S/c1-3-8-16-10-11(2)15-13(16)14-7-6-12-5-4-9-17-12/h4-5,9-10H,3,6-8H2,1-2H3,(H,14,15). The first-order chi connectivity index (χ1) is 8.29. The maximum absolute atomic E-state index is 4.50. The fourth-order valence-corrected chi connectivity index (χ4v) is 2.56. The molecule has 0 spiro atoms. The number of aryl methyl sites for hydroxylation is 2. The predicted molar refractivity (Wildman–Crippen MR) is 73.8 cm³/mol. The lowest BCUT2D eigenvalue weighted by Crippen LogP contribution is -2.10. The zero-order valence-electron chi connectivity index (χ0n) is 10.4. The van der Waals surface area contributed by atoms with Gasteiger partial charge in [-0.2, -0.15) is 0 Å². The Bertz CT molecular complexity index is 445. The highest BCUT2D eigenvalue weighted by atomic mass is 32.1. The molecule has 2 rings (SSSR count). The van der Waals surface area contributed by atoms with Crippen molar-refractivity contribution < 1.29 is 0 Å². The Balaban J connectivity index is 1.89. The number of thiophene rings is 1. The molecule has 0 aliphatic heterocycles. The average Bonchev–Trinajstić information content (AvgIpc) is 2.90. The molecule has 0 unspecified atom stereocenters. The van der Waals surface area contributed by atoms with E-state index in [1.807, 2.05) is 18.3 Å². The maximum atomic E-state index is 4.50. The van der Waals surface area contributed by atoms with Crippen LogP contribution in [-0.2, 0) is 13.0 Å². The van der Waals surface area contributed by atoms with Gasteiger partial charge in [0.25, 0.3) is 0 Å². The van der Waals surface area contributed by atoms with Crippen molar-refractivity contribution in [1.29, 1.82) is 0 Å². The molecule has 0 radical (unpaired) electrons. The van der Waals surface area contributed by atoms with Crippen LogP contribution < -0.4 is 5.32 Å². The lowest BCUT2D eigenvalue weighted by Gasteiger charge is -2.07. The number of rotatable bonds is 6. The molecule has 2 aromatic heterocycles. The summed E-state index contributed by atoms with van der Waals surface area (Å²) in [4.78, 5) is 5.92. The lowest BCUT2D eigenvalue weighted by molar-refractivity contribution is 0.681. The molecule has 0 aliphatic rings. The van der Waals surface area contributed by atoms with Gasteiger partial charge in [0.2, 0.25) is 5.95 Å². The summed E-state index contributed by atoms with van der Waals surface area (Å²) in [5.41, 5.74) is 1.08. The van der Waals surface area contributed by atoms with Gasteiger partial charge in [0.1, 0.15) is 0 Å². The first-order valence-electron chi connectivity index (χ1n) is 6.09. The molecular formula is C13H19N3S. The molecule has 0 fully saturated rings. The summed E-state index contributed by atoms with van der Waals surface area (Å²) in [5.74, 6) is 1.00. The van der Waals surface area contributed by atoms with Crippen molar-refractivity contribution >= 4 is 17.3 Å². The molecule has 2 heterocycles. The van der Waals surface area contributed by atoms with Crippen LogP contribution in [0.1, 0.15) is 23.9 Å². The number of anilines is 1. The summed E-state index contributed by atoms with van der Waals surface area (Å²) in [7, 11) is 0. The Kier molecular flexibility index (Phi) is 4.20. The average molecular weight is 249 g/mol. The van der Waals surface area contributed by atoms with Crippen LogP contribution in [0.5, 0.6) is 0 Å². The van der Waals surface area contributed by atoms with E-state index in [0.29, 0.717) is 0 Å². The van der Waals surface area contributed by atoms with E-state index < -0.39 is 0 Å². The Morgan fingerprint density at radius 1 is 1.47 bits per heavy atom. The van der Waals surface area contributed by atoms with Gasteiger partial charge in [-0.1, -0.05) is 13.0 Å². The van der Waals surface area contributed by atoms with E-state index in [-0.39, 0.29) is 0 Å². The number of hydrogen-bond acceptors (Lipinski definition) is 3. The zero-order valence-corrected chi connectivity index (χ0v) is 11.3. The quantitative estimate of drug-likeness (QED) is 0.851. The number of hydrogen-bond donors (Lipinski definition) is 1. The summed E-state index contributed by atoms with van der Waals surface area (Å²) in [6.45, 7) is 6.20. The van der Waals surface area contributed by atoms with Crippen molar-refractivity contribution in [2.45, 2.75) is 33.2 Å². The summed E-state index contributed by atoms with van der Waals surface area (Å²) in [6, 6.07) is 4.28. The topological polar surface area (TPSA) is 29.9 Å². The van der Waals surface area contributed by atoms with Gasteiger partial charge in [-0.05, 0) is 31.2 Å². The largest absolute Gasteiger partial charge is 0.355 e. The van der Waals surface area contributed by atoms with Crippen LogP contribution in [0.3, 0.4) is 0 Å². The smallest absolute Gasteiger partial charge is 0.203 e. The molecule has 17 heavy (non-hydrogen) atoms. The molecular weight excluding hydrogens is 230 g/mol. The lowest BCUT2D eigenvalue weighted by atomic mass is 10.3. The third-order valence-corrected chi connectivity index (χ3v) is 3.53. The van der Waals surface area contributed by atoms with Crippen molar-refractivity contribution in [3.63, 3.8) is 0 Å². The van der Waals surface area contributed by atoms with Gasteiger partial charge in [-0.3, -0.25) is 0 Å². The van der Waals surface area contributed by atoms with E-state index in [1.165, 1.54) is 4.88 Å². The minimum atomic E-state index is 0.945. The van der Waals surface area contributed by atoms with Gasteiger partial charge in [0.15, 0.2) is 0 Å². The summed E-state index contributed by atoms with van der Waals surface area (Å²) in [5, 5.41) is 5.54. The van der Waals surface area contributed by atoms with Gasteiger partial charge in [-0.15, -0.1) is 11.3 Å². The summed E-state index contributed by atoms with van der Waals surface area (Å²) < 4.78 is 2.20. The Labute approximate surface area is 107 Å². The third kappa shape index (κ3) is 3.33. The normalized spacial score (nSPS) is 10.7. The molecule has 4 heteroatoms. The fraction of sp³-hybridized carbons (Fsp3) is 0.462. The first kappa shape index (κ1) is 12.2. The molecule has 1 N–H and O–H groups in total. The molecule has 0 aliphatic carbocycles. The molecule has 0 aromatic carbocycles. The minimum Gasteiger partial charge on any atom is -0.355 e. The fourth-order valence-electron chi connectivity index (χ4n) is 1.85. The van der Waals surface area contributed by atoms with Gasteiger partial charge < -0.3 is 9.88 Å². The highest BCUT2D eigenvalue weighted by Crippen LogP contribution is 2.11. The maximum Gasteiger partial charge on any atom is 0.203 e. The molecule has 0 saturated carbocycles. The molecule has 3 nitrogen and oxygen atoms in total. The highest BCUT2D eigenvalue weighted by molar-refractivity contribution is 7.09. The monoisotopic (exact) mass is 249 g/mol. The second kappa shape index (κ2) is 5.87. The van der Waals surface area contributed by atoms with E-state index in [0.717, 1.165) is 37.6 Å². The second-order valence-corrected chi connectivity index (χ2v) is 5.19. The number of nitrogens with one attached hydrogen (secondary N) is 1. The summed E-state index contributed by atoms with van der Waals surface area (Å²) >= 11 is 1.81. The van der Waals surface area contributed by atoms with Crippen molar-refractivity contribution in [2.75, 3.05) is 11.9 Å². The van der Waals surface area contributed by atoms with Crippen molar-refractivity contribution in [2.24, 2.45) is 0 Å². The van der Waals surface area contributed by atoms with Gasteiger partial charge in [-0.25, -0.2) is 4.98 Å². The summed E-state index contributed by atoms with van der Waals surface area (Å²) in [6.07, 6.45) is 4.31. The Morgan fingerprint density at radius 2 is 2.35 bits per heavy atom. The molecule has 0 atom stereocenters. The SMILES string of the molecule is CCCn1cc(C)nc1NCCc1cccs1. The van der Waals surface area contributed by atoms with E-state index in [1.54, 1.807) is 0 Å². The number of imidazole rings is 1. The van der Waals surface area contributed by atoms with Crippen LogP contribution in [0, 0.1) is 6.92 Å². The second-order valence-electron chi connectivity index (χ2n) is 4.16. The van der Waals surface area contributed by atoms with Crippen LogP contribution >= 0.6 is 11.3 Å². The molecule has 2 aromatic rings.